The Bertz CT molecular complexity index is 537. The summed E-state index contributed by atoms with van der Waals surface area (Å²) in [6.45, 7) is 1.95. The van der Waals surface area contributed by atoms with Crippen molar-refractivity contribution >= 4 is 17.7 Å². The van der Waals surface area contributed by atoms with Crippen molar-refractivity contribution in [2.24, 2.45) is 0 Å². The molecule has 0 saturated heterocycles. The second kappa shape index (κ2) is 9.43. The molecule has 21 heavy (non-hydrogen) atoms. The topological polar surface area (TPSA) is 49.3 Å². The lowest BCUT2D eigenvalue weighted by molar-refractivity contribution is 0.0939. The van der Waals surface area contributed by atoms with Gasteiger partial charge in [0.1, 0.15) is 5.82 Å². The molecule has 0 aliphatic carbocycles. The molecular weight excluding hydrogens is 289 g/mol. The Hall–Kier alpha value is -1.51. The number of thioether (sulfide) groups is 1. The fraction of sp³-hybridized carbons (Fsp3) is 0.438. The zero-order valence-corrected chi connectivity index (χ0v) is 13.1. The van der Waals surface area contributed by atoms with E-state index in [0.717, 1.165) is 12.2 Å². The van der Waals surface area contributed by atoms with Crippen LogP contribution in [0.25, 0.3) is 0 Å². The molecule has 0 heterocycles. The third kappa shape index (κ3) is 5.78. The number of carbonyl (C=O) groups excluding carboxylic acids is 1. The highest BCUT2D eigenvalue weighted by Crippen LogP contribution is 2.11. The van der Waals surface area contributed by atoms with Crippen LogP contribution in [-0.2, 0) is 0 Å². The molecule has 0 radical (unpaired) electrons. The Balaban J connectivity index is 2.79. The average molecular weight is 309 g/mol. The van der Waals surface area contributed by atoms with Gasteiger partial charge in [-0.2, -0.15) is 11.8 Å². The second-order valence-electron chi connectivity index (χ2n) is 4.50. The Labute approximate surface area is 129 Å². The number of aliphatic hydroxyl groups is 1. The van der Waals surface area contributed by atoms with Gasteiger partial charge in [-0.25, -0.2) is 4.39 Å². The number of hydrogen-bond donors (Lipinski definition) is 2. The van der Waals surface area contributed by atoms with Crippen molar-refractivity contribution in [1.29, 1.82) is 0 Å². The number of rotatable bonds is 6. The summed E-state index contributed by atoms with van der Waals surface area (Å²) in [5.41, 5.74) is 0.524. The zero-order valence-electron chi connectivity index (χ0n) is 12.3. The van der Waals surface area contributed by atoms with Gasteiger partial charge in [0, 0.05) is 23.8 Å². The Morgan fingerprint density at radius 2 is 2.29 bits per heavy atom. The lowest BCUT2D eigenvalue weighted by Gasteiger charge is -2.15. The predicted octanol–water partition coefficient (Wildman–Crippen LogP) is 2.43. The molecule has 1 aromatic rings. The van der Waals surface area contributed by atoms with Gasteiger partial charge in [-0.05, 0) is 30.9 Å². The first kappa shape index (κ1) is 17.5. The molecule has 0 aliphatic rings. The van der Waals surface area contributed by atoms with Gasteiger partial charge >= 0.3 is 0 Å². The van der Waals surface area contributed by atoms with Crippen LogP contribution in [0.5, 0.6) is 0 Å². The van der Waals surface area contributed by atoms with Crippen LogP contribution in [0.1, 0.15) is 35.7 Å². The van der Waals surface area contributed by atoms with E-state index in [1.807, 2.05) is 13.2 Å². The molecule has 0 aromatic heterocycles. The number of hydrogen-bond acceptors (Lipinski definition) is 3. The van der Waals surface area contributed by atoms with Crippen molar-refractivity contribution in [3.8, 4) is 11.8 Å². The third-order valence-corrected chi connectivity index (χ3v) is 3.62. The van der Waals surface area contributed by atoms with Gasteiger partial charge in [0.25, 0.3) is 5.91 Å². The predicted molar refractivity (Wildman–Crippen MR) is 84.9 cm³/mol. The van der Waals surface area contributed by atoms with E-state index in [9.17, 15) is 9.18 Å². The Morgan fingerprint density at radius 1 is 1.52 bits per heavy atom. The smallest absolute Gasteiger partial charge is 0.251 e. The Morgan fingerprint density at radius 3 is 2.86 bits per heavy atom. The van der Waals surface area contributed by atoms with E-state index in [2.05, 4.69) is 17.2 Å². The molecule has 1 aromatic carbocycles. The van der Waals surface area contributed by atoms with Gasteiger partial charge in [0.15, 0.2) is 0 Å². The maximum Gasteiger partial charge on any atom is 0.251 e. The van der Waals surface area contributed by atoms with Crippen LogP contribution in [0.4, 0.5) is 4.39 Å². The summed E-state index contributed by atoms with van der Waals surface area (Å²) in [4.78, 5) is 12.1. The zero-order chi connectivity index (χ0) is 15.7. The number of amides is 1. The van der Waals surface area contributed by atoms with E-state index in [1.165, 1.54) is 12.1 Å². The number of aliphatic hydroxyl groups excluding tert-OH is 1. The third-order valence-electron chi connectivity index (χ3n) is 2.89. The first-order valence-electron chi connectivity index (χ1n) is 6.81. The molecule has 0 aliphatic heterocycles. The van der Waals surface area contributed by atoms with Crippen molar-refractivity contribution in [3.05, 3.63) is 35.1 Å². The number of benzene rings is 1. The normalized spacial score (nSPS) is 11.4. The minimum atomic E-state index is -0.522. The largest absolute Gasteiger partial charge is 0.395 e. The van der Waals surface area contributed by atoms with Gasteiger partial charge in [-0.1, -0.05) is 18.8 Å². The van der Waals surface area contributed by atoms with Crippen molar-refractivity contribution in [2.75, 3.05) is 18.6 Å². The van der Waals surface area contributed by atoms with Crippen LogP contribution < -0.4 is 5.32 Å². The molecule has 0 saturated carbocycles. The van der Waals surface area contributed by atoms with Gasteiger partial charge in [-0.3, -0.25) is 4.79 Å². The minimum absolute atomic E-state index is 0.0526. The molecular formula is C16H20FNO2S. The molecule has 5 heteroatoms. The SMILES string of the molecule is CCC(CSC)NC(=O)c1ccc(C#CCCO)c(F)c1. The van der Waals surface area contributed by atoms with E-state index < -0.39 is 5.82 Å². The summed E-state index contributed by atoms with van der Waals surface area (Å²) >= 11 is 1.66. The van der Waals surface area contributed by atoms with Gasteiger partial charge in [0.2, 0.25) is 0 Å². The molecule has 0 bridgehead atoms. The van der Waals surface area contributed by atoms with E-state index in [0.29, 0.717) is 12.0 Å². The fourth-order valence-corrected chi connectivity index (χ4v) is 2.42. The molecule has 2 N–H and O–H groups in total. The number of halogens is 1. The fourth-order valence-electron chi connectivity index (χ4n) is 1.70. The quantitative estimate of drug-likeness (QED) is 0.794. The number of carbonyl (C=O) groups is 1. The molecule has 1 rings (SSSR count). The van der Waals surface area contributed by atoms with Gasteiger partial charge < -0.3 is 10.4 Å². The van der Waals surface area contributed by atoms with Crippen LogP contribution in [0, 0.1) is 17.7 Å². The molecule has 3 nitrogen and oxygen atoms in total. The van der Waals surface area contributed by atoms with Gasteiger partial charge in [-0.15, -0.1) is 0 Å². The summed E-state index contributed by atoms with van der Waals surface area (Å²) in [7, 11) is 0. The number of nitrogens with one attached hydrogen (secondary N) is 1. The summed E-state index contributed by atoms with van der Waals surface area (Å²) in [6, 6.07) is 4.33. The van der Waals surface area contributed by atoms with Crippen molar-refractivity contribution in [1.82, 2.24) is 5.32 Å². The molecule has 1 unspecified atom stereocenters. The Kier molecular flexibility index (Phi) is 7.88. The highest BCUT2D eigenvalue weighted by Gasteiger charge is 2.13. The lowest BCUT2D eigenvalue weighted by Crippen LogP contribution is -2.36. The monoisotopic (exact) mass is 309 g/mol. The van der Waals surface area contributed by atoms with Crippen molar-refractivity contribution in [2.45, 2.75) is 25.8 Å². The van der Waals surface area contributed by atoms with Gasteiger partial charge in [0.05, 0.1) is 12.2 Å². The first-order chi connectivity index (χ1) is 10.1. The summed E-state index contributed by atoms with van der Waals surface area (Å²) in [6.07, 6.45) is 3.11. The van der Waals surface area contributed by atoms with E-state index >= 15 is 0 Å². The summed E-state index contributed by atoms with van der Waals surface area (Å²) in [5, 5.41) is 11.5. The first-order valence-corrected chi connectivity index (χ1v) is 8.20. The van der Waals surface area contributed by atoms with Crippen LogP contribution in [0.15, 0.2) is 18.2 Å². The summed E-state index contributed by atoms with van der Waals surface area (Å²) < 4.78 is 13.9. The highest BCUT2D eigenvalue weighted by atomic mass is 32.2. The van der Waals surface area contributed by atoms with Crippen LogP contribution in [0.2, 0.25) is 0 Å². The molecule has 0 fully saturated rings. The maximum absolute atomic E-state index is 13.9. The summed E-state index contributed by atoms with van der Waals surface area (Å²) in [5.74, 6) is 5.32. The molecule has 1 atom stereocenters. The highest BCUT2D eigenvalue weighted by molar-refractivity contribution is 7.98. The van der Waals surface area contributed by atoms with Crippen LogP contribution in [-0.4, -0.2) is 35.7 Å². The van der Waals surface area contributed by atoms with Crippen LogP contribution >= 0.6 is 11.8 Å². The standard InChI is InChI=1S/C16H20FNO2S/c1-3-14(11-21-2)18-16(20)13-8-7-12(15(17)10-13)6-4-5-9-19/h7-8,10,14,19H,3,5,9,11H2,1-2H3,(H,18,20). The van der Waals surface area contributed by atoms with Crippen LogP contribution in [0.3, 0.4) is 0 Å². The maximum atomic E-state index is 13.9. The average Bonchev–Trinajstić information content (AvgIpc) is 2.48. The van der Waals surface area contributed by atoms with E-state index in [-0.39, 0.29) is 24.1 Å². The van der Waals surface area contributed by atoms with E-state index in [4.69, 9.17) is 5.11 Å². The minimum Gasteiger partial charge on any atom is -0.395 e. The van der Waals surface area contributed by atoms with Crippen molar-refractivity contribution in [3.63, 3.8) is 0 Å². The molecule has 0 spiro atoms. The van der Waals surface area contributed by atoms with E-state index in [1.54, 1.807) is 17.8 Å². The second-order valence-corrected chi connectivity index (χ2v) is 5.41. The molecule has 114 valence electrons. The van der Waals surface area contributed by atoms with Crippen molar-refractivity contribution < 1.29 is 14.3 Å². The lowest BCUT2D eigenvalue weighted by atomic mass is 10.1. The molecule has 1 amide bonds.